The predicted molar refractivity (Wildman–Crippen MR) is 108 cm³/mol. The number of amides is 2. The van der Waals surface area contributed by atoms with Crippen LogP contribution in [0.5, 0.6) is 17.4 Å². The zero-order valence-electron chi connectivity index (χ0n) is 14.6. The van der Waals surface area contributed by atoms with Crippen LogP contribution in [-0.4, -0.2) is 23.4 Å². The van der Waals surface area contributed by atoms with Gasteiger partial charge >= 0.3 is 0 Å². The molecular weight excluding hydrogens is 426 g/mol. The van der Waals surface area contributed by atoms with E-state index in [1.807, 2.05) is 24.3 Å². The number of anilines is 1. The highest BCUT2D eigenvalue weighted by Crippen LogP contribution is 2.23. The molecule has 0 radical (unpaired) electrons. The number of hydrogen-bond donors (Lipinski definition) is 2. The Morgan fingerprint density at radius 2 is 1.82 bits per heavy atom. The molecule has 2 aromatic carbocycles. The van der Waals surface area contributed by atoms with E-state index in [0.29, 0.717) is 28.6 Å². The fourth-order valence-corrected chi connectivity index (χ4v) is 2.61. The number of aromatic nitrogens is 1. The number of primary amides is 1. The molecule has 28 heavy (non-hydrogen) atoms. The number of pyridine rings is 1. The minimum Gasteiger partial charge on any atom is -0.484 e. The normalized spacial score (nSPS) is 10.2. The standard InChI is InChI=1S/C20H16BrN3O4/c21-14-2-1-3-17(10-14)28-19-9-6-15(11-23-19)24-18(25)12-27-16-7-4-13(5-8-16)20(22)26/h1-11H,12H2,(H2,22,26)(H,24,25). The third kappa shape index (κ3) is 5.55. The first-order chi connectivity index (χ1) is 13.5. The van der Waals surface area contributed by atoms with E-state index in [0.717, 1.165) is 4.47 Å². The molecule has 0 aliphatic rings. The highest BCUT2D eigenvalue weighted by Gasteiger charge is 2.06. The highest BCUT2D eigenvalue weighted by molar-refractivity contribution is 9.10. The predicted octanol–water partition coefficient (Wildman–Crippen LogP) is 3.75. The molecule has 3 N–H and O–H groups in total. The fraction of sp³-hybridized carbons (Fsp3) is 0.0500. The SMILES string of the molecule is NC(=O)c1ccc(OCC(=O)Nc2ccc(Oc3cccc(Br)c3)nc2)cc1. The number of benzene rings is 2. The van der Waals surface area contributed by atoms with Gasteiger partial charge in [0.05, 0.1) is 11.9 Å². The summed E-state index contributed by atoms with van der Waals surface area (Å²) in [6.07, 6.45) is 1.49. The lowest BCUT2D eigenvalue weighted by Gasteiger charge is -2.09. The van der Waals surface area contributed by atoms with E-state index in [-0.39, 0.29) is 12.5 Å². The first-order valence-corrected chi connectivity index (χ1v) is 9.01. The fourth-order valence-electron chi connectivity index (χ4n) is 2.23. The smallest absolute Gasteiger partial charge is 0.262 e. The highest BCUT2D eigenvalue weighted by atomic mass is 79.9. The Balaban J connectivity index is 1.50. The molecule has 0 aliphatic carbocycles. The third-order valence-electron chi connectivity index (χ3n) is 3.55. The lowest BCUT2D eigenvalue weighted by molar-refractivity contribution is -0.118. The Hall–Kier alpha value is -3.39. The van der Waals surface area contributed by atoms with E-state index in [4.69, 9.17) is 15.2 Å². The van der Waals surface area contributed by atoms with Gasteiger partial charge in [-0.25, -0.2) is 4.98 Å². The third-order valence-corrected chi connectivity index (χ3v) is 4.04. The monoisotopic (exact) mass is 441 g/mol. The Morgan fingerprint density at radius 1 is 1.04 bits per heavy atom. The van der Waals surface area contributed by atoms with Gasteiger partial charge in [-0.15, -0.1) is 0 Å². The summed E-state index contributed by atoms with van der Waals surface area (Å²) in [4.78, 5) is 27.2. The summed E-state index contributed by atoms with van der Waals surface area (Å²) >= 11 is 3.38. The minimum absolute atomic E-state index is 0.188. The van der Waals surface area contributed by atoms with Crippen LogP contribution in [0.25, 0.3) is 0 Å². The molecule has 3 aromatic rings. The summed E-state index contributed by atoms with van der Waals surface area (Å²) in [6.45, 7) is -0.188. The van der Waals surface area contributed by atoms with Gasteiger partial charge in [0, 0.05) is 16.1 Å². The van der Waals surface area contributed by atoms with Gasteiger partial charge in [0.15, 0.2) is 6.61 Å². The summed E-state index contributed by atoms with van der Waals surface area (Å²) in [7, 11) is 0. The number of carbonyl (C=O) groups excluding carboxylic acids is 2. The lowest BCUT2D eigenvalue weighted by Crippen LogP contribution is -2.20. The van der Waals surface area contributed by atoms with Crippen LogP contribution in [0.2, 0.25) is 0 Å². The van der Waals surface area contributed by atoms with Crippen LogP contribution in [-0.2, 0) is 4.79 Å². The van der Waals surface area contributed by atoms with Crippen molar-refractivity contribution < 1.29 is 19.1 Å². The van der Waals surface area contributed by atoms with Crippen molar-refractivity contribution in [3.05, 3.63) is 76.9 Å². The quantitative estimate of drug-likeness (QED) is 0.580. The van der Waals surface area contributed by atoms with Crippen LogP contribution in [0.4, 0.5) is 5.69 Å². The number of ether oxygens (including phenoxy) is 2. The first-order valence-electron chi connectivity index (χ1n) is 8.21. The summed E-state index contributed by atoms with van der Waals surface area (Å²) in [5.74, 6) is 0.637. The van der Waals surface area contributed by atoms with Crippen LogP contribution >= 0.6 is 15.9 Å². The average molecular weight is 442 g/mol. The van der Waals surface area contributed by atoms with Gasteiger partial charge in [-0.1, -0.05) is 22.0 Å². The Bertz CT molecular complexity index is 976. The summed E-state index contributed by atoms with van der Waals surface area (Å²) in [5, 5.41) is 2.68. The second-order valence-electron chi connectivity index (χ2n) is 5.67. The number of nitrogens with two attached hydrogens (primary N) is 1. The van der Waals surface area contributed by atoms with E-state index in [1.165, 1.54) is 18.3 Å². The molecule has 0 saturated carbocycles. The van der Waals surface area contributed by atoms with Crippen molar-refractivity contribution >= 4 is 33.4 Å². The molecule has 0 fully saturated rings. The summed E-state index contributed by atoms with van der Waals surface area (Å²) in [6, 6.07) is 16.9. The number of carbonyl (C=O) groups is 2. The van der Waals surface area contributed by atoms with Crippen molar-refractivity contribution in [3.63, 3.8) is 0 Å². The molecule has 8 heteroatoms. The molecule has 2 amide bonds. The maximum Gasteiger partial charge on any atom is 0.262 e. The molecule has 142 valence electrons. The molecule has 0 bridgehead atoms. The van der Waals surface area contributed by atoms with Gasteiger partial charge in [0.25, 0.3) is 5.91 Å². The van der Waals surface area contributed by atoms with E-state index in [2.05, 4.69) is 26.2 Å². The molecule has 0 saturated heterocycles. The molecule has 3 rings (SSSR count). The minimum atomic E-state index is -0.524. The molecule has 0 atom stereocenters. The van der Waals surface area contributed by atoms with Crippen molar-refractivity contribution in [1.29, 1.82) is 0 Å². The van der Waals surface area contributed by atoms with Crippen LogP contribution in [0, 0.1) is 0 Å². The van der Waals surface area contributed by atoms with Crippen LogP contribution < -0.4 is 20.5 Å². The molecule has 0 aliphatic heterocycles. The molecule has 0 unspecified atom stereocenters. The van der Waals surface area contributed by atoms with Crippen LogP contribution in [0.3, 0.4) is 0 Å². The van der Waals surface area contributed by atoms with Gasteiger partial charge in [0.1, 0.15) is 11.5 Å². The lowest BCUT2D eigenvalue weighted by atomic mass is 10.2. The van der Waals surface area contributed by atoms with Crippen molar-refractivity contribution in [2.45, 2.75) is 0 Å². The van der Waals surface area contributed by atoms with Crippen LogP contribution in [0.15, 0.2) is 71.3 Å². The maximum absolute atomic E-state index is 12.0. The largest absolute Gasteiger partial charge is 0.484 e. The zero-order chi connectivity index (χ0) is 19.9. The number of rotatable bonds is 7. The van der Waals surface area contributed by atoms with Gasteiger partial charge in [-0.3, -0.25) is 9.59 Å². The topological polar surface area (TPSA) is 104 Å². The van der Waals surface area contributed by atoms with E-state index < -0.39 is 5.91 Å². The van der Waals surface area contributed by atoms with E-state index in [9.17, 15) is 9.59 Å². The number of hydrogen-bond acceptors (Lipinski definition) is 5. The maximum atomic E-state index is 12.0. The van der Waals surface area contributed by atoms with Gasteiger partial charge in [-0.05, 0) is 48.5 Å². The molecule has 7 nitrogen and oxygen atoms in total. The van der Waals surface area contributed by atoms with Crippen molar-refractivity contribution in [2.24, 2.45) is 5.73 Å². The first kappa shape index (κ1) is 19.4. The summed E-state index contributed by atoms with van der Waals surface area (Å²) < 4.78 is 11.9. The number of nitrogens with zero attached hydrogens (tertiary/aromatic N) is 1. The second-order valence-corrected chi connectivity index (χ2v) is 6.59. The Morgan fingerprint density at radius 3 is 2.46 bits per heavy atom. The number of nitrogens with one attached hydrogen (secondary N) is 1. The van der Waals surface area contributed by atoms with Crippen molar-refractivity contribution in [3.8, 4) is 17.4 Å². The van der Waals surface area contributed by atoms with Crippen molar-refractivity contribution in [2.75, 3.05) is 11.9 Å². The van der Waals surface area contributed by atoms with Gasteiger partial charge in [-0.2, -0.15) is 0 Å². The van der Waals surface area contributed by atoms with Crippen molar-refractivity contribution in [1.82, 2.24) is 4.98 Å². The number of halogens is 1. The van der Waals surface area contributed by atoms with Gasteiger partial charge in [0.2, 0.25) is 11.8 Å². The molecule has 1 aromatic heterocycles. The average Bonchev–Trinajstić information content (AvgIpc) is 2.68. The molecule has 0 spiro atoms. The Labute approximate surface area is 169 Å². The molecular formula is C20H16BrN3O4. The van der Waals surface area contributed by atoms with Gasteiger partial charge < -0.3 is 20.5 Å². The van der Waals surface area contributed by atoms with E-state index in [1.54, 1.807) is 24.3 Å². The van der Waals surface area contributed by atoms with E-state index >= 15 is 0 Å². The molecule has 1 heterocycles. The zero-order valence-corrected chi connectivity index (χ0v) is 16.2. The Kier molecular flexibility index (Phi) is 6.23. The second kappa shape index (κ2) is 9.01. The van der Waals surface area contributed by atoms with Crippen LogP contribution in [0.1, 0.15) is 10.4 Å². The summed E-state index contributed by atoms with van der Waals surface area (Å²) in [5.41, 5.74) is 6.05.